The van der Waals surface area contributed by atoms with Crippen molar-refractivity contribution < 1.29 is 8.42 Å². The minimum Gasteiger partial charge on any atom is -0.333 e. The highest BCUT2D eigenvalue weighted by atomic mass is 35.5. The van der Waals surface area contributed by atoms with E-state index in [0.717, 1.165) is 51.0 Å². The molecule has 3 heterocycles. The maximum absolute atomic E-state index is 12.5. The number of piperidine rings is 1. The number of nitrogens with zero attached hydrogens (tertiary/aromatic N) is 2. The van der Waals surface area contributed by atoms with Crippen molar-refractivity contribution in [2.75, 3.05) is 13.1 Å². The second kappa shape index (κ2) is 7.09. The zero-order valence-electron chi connectivity index (χ0n) is 13.8. The number of sulfonamides is 1. The molecule has 0 radical (unpaired) electrons. The van der Waals surface area contributed by atoms with Gasteiger partial charge in [0.25, 0.3) is 10.0 Å². The summed E-state index contributed by atoms with van der Waals surface area (Å²) < 4.78 is 29.7. The van der Waals surface area contributed by atoms with E-state index in [2.05, 4.69) is 28.9 Å². The van der Waals surface area contributed by atoms with Crippen molar-refractivity contribution in [3.05, 3.63) is 12.0 Å². The van der Waals surface area contributed by atoms with E-state index in [9.17, 15) is 8.42 Å². The number of rotatable bonds is 4. The molecular weight excluding hydrogens is 336 g/mol. The van der Waals surface area contributed by atoms with E-state index in [1.807, 2.05) is 4.57 Å². The van der Waals surface area contributed by atoms with Crippen LogP contribution >= 0.6 is 12.4 Å². The number of hydrogen-bond donors (Lipinski definition) is 2. The Kier molecular flexibility index (Phi) is 5.76. The largest absolute Gasteiger partial charge is 0.333 e. The van der Waals surface area contributed by atoms with E-state index in [4.69, 9.17) is 0 Å². The third-order valence-electron chi connectivity index (χ3n) is 4.97. The van der Waals surface area contributed by atoms with Crippen molar-refractivity contribution >= 4 is 22.4 Å². The lowest BCUT2D eigenvalue weighted by Crippen LogP contribution is -2.52. The van der Waals surface area contributed by atoms with Gasteiger partial charge in [0.2, 0.25) is 0 Å². The number of imidazole rings is 1. The molecule has 0 aromatic carbocycles. The summed E-state index contributed by atoms with van der Waals surface area (Å²) in [5, 5.41) is 3.59. The van der Waals surface area contributed by atoms with Gasteiger partial charge in [-0.3, -0.25) is 0 Å². The van der Waals surface area contributed by atoms with E-state index in [1.54, 1.807) is 6.20 Å². The lowest BCUT2D eigenvalue weighted by Gasteiger charge is -2.39. The molecule has 0 aliphatic carbocycles. The van der Waals surface area contributed by atoms with Gasteiger partial charge in [0, 0.05) is 31.7 Å². The van der Waals surface area contributed by atoms with Crippen LogP contribution in [0.3, 0.4) is 0 Å². The van der Waals surface area contributed by atoms with Crippen molar-refractivity contribution in [3.63, 3.8) is 0 Å². The summed E-state index contributed by atoms with van der Waals surface area (Å²) in [5.41, 5.74) is 0.105. The smallest absolute Gasteiger partial charge is 0.259 e. The first-order valence-corrected chi connectivity index (χ1v) is 9.66. The summed E-state index contributed by atoms with van der Waals surface area (Å²) in [5.74, 6) is 0.891. The van der Waals surface area contributed by atoms with Gasteiger partial charge in [-0.05, 0) is 37.6 Å². The number of aromatic nitrogens is 2. The number of nitrogens with one attached hydrogen (secondary N) is 2. The molecule has 1 aromatic heterocycles. The van der Waals surface area contributed by atoms with Gasteiger partial charge < -0.3 is 9.88 Å². The summed E-state index contributed by atoms with van der Waals surface area (Å²) in [6.45, 7) is 6.61. The fraction of sp³-hybridized carbons (Fsp3) is 0.800. The van der Waals surface area contributed by atoms with Crippen molar-refractivity contribution in [2.45, 2.75) is 63.6 Å². The first-order valence-electron chi connectivity index (χ1n) is 8.18. The molecule has 0 amide bonds. The maximum Gasteiger partial charge on any atom is 0.259 e. The summed E-state index contributed by atoms with van der Waals surface area (Å²) in [7, 11) is -3.53. The highest BCUT2D eigenvalue weighted by molar-refractivity contribution is 7.89. The molecule has 1 unspecified atom stereocenters. The Bertz CT molecular complexity index is 618. The second-order valence-corrected chi connectivity index (χ2v) is 8.81. The van der Waals surface area contributed by atoms with Crippen LogP contribution in [0.1, 0.15) is 45.4 Å². The number of halogens is 1. The Morgan fingerprint density at radius 3 is 2.87 bits per heavy atom. The highest BCUT2D eigenvalue weighted by Crippen LogP contribution is 2.29. The van der Waals surface area contributed by atoms with E-state index >= 15 is 0 Å². The molecule has 2 aliphatic rings. The fourth-order valence-electron chi connectivity index (χ4n) is 3.40. The van der Waals surface area contributed by atoms with Gasteiger partial charge in [-0.25, -0.2) is 18.1 Å². The van der Waals surface area contributed by atoms with Gasteiger partial charge in [0.05, 0.1) is 0 Å². The Balaban J connectivity index is 0.00000192. The molecule has 132 valence electrons. The molecule has 23 heavy (non-hydrogen) atoms. The van der Waals surface area contributed by atoms with Crippen molar-refractivity contribution in [1.29, 1.82) is 0 Å². The quantitative estimate of drug-likeness (QED) is 0.854. The molecule has 6 nitrogen and oxygen atoms in total. The van der Waals surface area contributed by atoms with Crippen LogP contribution < -0.4 is 10.0 Å². The van der Waals surface area contributed by atoms with Gasteiger partial charge in [-0.15, -0.1) is 12.4 Å². The second-order valence-electron chi connectivity index (χ2n) is 7.10. The first kappa shape index (κ1) is 18.7. The van der Waals surface area contributed by atoms with Crippen LogP contribution in [0.2, 0.25) is 0 Å². The minimum atomic E-state index is -3.53. The number of hydrogen-bond acceptors (Lipinski definition) is 4. The van der Waals surface area contributed by atoms with Gasteiger partial charge in [-0.1, -0.05) is 13.8 Å². The summed E-state index contributed by atoms with van der Waals surface area (Å²) in [4.78, 5) is 4.31. The summed E-state index contributed by atoms with van der Waals surface area (Å²) in [6.07, 6.45) is 6.98. The maximum atomic E-state index is 12.5. The average molecular weight is 363 g/mol. The van der Waals surface area contributed by atoms with Crippen LogP contribution in [0.4, 0.5) is 0 Å². The number of fused-ring (bicyclic) bond motifs is 1. The molecule has 1 saturated heterocycles. The zero-order valence-corrected chi connectivity index (χ0v) is 15.5. The van der Waals surface area contributed by atoms with E-state index in [1.165, 1.54) is 0 Å². The van der Waals surface area contributed by atoms with Crippen LogP contribution in [-0.2, 0) is 23.0 Å². The molecule has 3 rings (SSSR count). The van der Waals surface area contributed by atoms with Gasteiger partial charge in [0.15, 0.2) is 5.03 Å². The monoisotopic (exact) mass is 362 g/mol. The van der Waals surface area contributed by atoms with Crippen LogP contribution in [-0.4, -0.2) is 37.1 Å². The van der Waals surface area contributed by atoms with E-state index in [-0.39, 0.29) is 28.9 Å². The van der Waals surface area contributed by atoms with E-state index < -0.39 is 10.0 Å². The van der Waals surface area contributed by atoms with Crippen molar-refractivity contribution in [3.8, 4) is 0 Å². The topological polar surface area (TPSA) is 76.0 Å². The highest BCUT2D eigenvalue weighted by Gasteiger charge is 2.33. The SMILES string of the molecule is CC1(C)CCCNC1CNS(=O)(=O)c1cn2c(n1)CCCC2.Cl. The Morgan fingerprint density at radius 1 is 1.39 bits per heavy atom. The predicted molar refractivity (Wildman–Crippen MR) is 92.4 cm³/mol. The van der Waals surface area contributed by atoms with Crippen LogP contribution in [0.5, 0.6) is 0 Å². The standard InChI is InChI=1S/C15H26N4O2S.ClH/c1-15(2)7-5-8-16-12(15)10-17-22(20,21)14-11-19-9-4-3-6-13(19)18-14;/h11-12,16-17H,3-10H2,1-2H3;1H. The van der Waals surface area contributed by atoms with Crippen molar-refractivity contribution in [1.82, 2.24) is 19.6 Å². The van der Waals surface area contributed by atoms with Crippen LogP contribution in [0, 0.1) is 5.41 Å². The Labute approximate surface area is 144 Å². The molecular formula is C15H27ClN4O2S. The zero-order chi connectivity index (χ0) is 15.8. The fourth-order valence-corrected chi connectivity index (χ4v) is 4.43. The molecule has 8 heteroatoms. The molecule has 1 fully saturated rings. The minimum absolute atomic E-state index is 0. The molecule has 2 N–H and O–H groups in total. The lowest BCUT2D eigenvalue weighted by molar-refractivity contribution is 0.181. The predicted octanol–water partition coefficient (Wildman–Crippen LogP) is 1.70. The van der Waals surface area contributed by atoms with Gasteiger partial charge in [0.1, 0.15) is 5.82 Å². The Morgan fingerprint density at radius 2 is 2.17 bits per heavy atom. The molecule has 0 spiro atoms. The molecule has 1 aromatic rings. The lowest BCUT2D eigenvalue weighted by atomic mass is 9.78. The van der Waals surface area contributed by atoms with Gasteiger partial charge in [-0.2, -0.15) is 0 Å². The van der Waals surface area contributed by atoms with Crippen molar-refractivity contribution in [2.24, 2.45) is 5.41 Å². The first-order chi connectivity index (χ1) is 10.4. The molecule has 2 aliphatic heterocycles. The molecule has 0 saturated carbocycles. The van der Waals surface area contributed by atoms with E-state index in [0.29, 0.717) is 6.54 Å². The third kappa shape index (κ3) is 4.07. The number of aryl methyl sites for hydroxylation is 2. The molecule has 1 atom stereocenters. The normalized spacial score (nSPS) is 23.8. The van der Waals surface area contributed by atoms with Gasteiger partial charge >= 0.3 is 0 Å². The van der Waals surface area contributed by atoms with Crippen LogP contribution in [0.25, 0.3) is 0 Å². The Hall–Kier alpha value is -0.630. The third-order valence-corrected chi connectivity index (χ3v) is 6.27. The van der Waals surface area contributed by atoms with Crippen LogP contribution in [0.15, 0.2) is 11.2 Å². The molecule has 0 bridgehead atoms. The average Bonchev–Trinajstić information content (AvgIpc) is 2.90. The summed E-state index contributed by atoms with van der Waals surface area (Å²) in [6, 6.07) is 0.160. The summed E-state index contributed by atoms with van der Waals surface area (Å²) >= 11 is 0.